The van der Waals surface area contributed by atoms with E-state index in [1.165, 1.54) is 17.1 Å². The van der Waals surface area contributed by atoms with E-state index in [4.69, 9.17) is 5.73 Å². The van der Waals surface area contributed by atoms with Crippen molar-refractivity contribution in [2.45, 2.75) is 13.0 Å². The molecular weight excluding hydrogens is 212 g/mol. The van der Waals surface area contributed by atoms with Crippen LogP contribution in [0.15, 0.2) is 30.7 Å². The molecule has 2 aromatic rings. The third-order valence-corrected chi connectivity index (χ3v) is 2.30. The number of aromatic nitrogens is 2. The van der Waals surface area contributed by atoms with E-state index < -0.39 is 11.6 Å². The van der Waals surface area contributed by atoms with Gasteiger partial charge in [-0.1, -0.05) is 0 Å². The van der Waals surface area contributed by atoms with Gasteiger partial charge in [-0.2, -0.15) is 0 Å². The zero-order valence-electron chi connectivity index (χ0n) is 8.69. The summed E-state index contributed by atoms with van der Waals surface area (Å²) < 4.78 is 28.0. The molecule has 0 aliphatic rings. The highest BCUT2D eigenvalue weighted by Gasteiger charge is 2.12. The molecule has 0 unspecified atom stereocenters. The van der Waals surface area contributed by atoms with Crippen LogP contribution >= 0.6 is 0 Å². The highest BCUT2D eigenvalue weighted by Crippen LogP contribution is 2.19. The summed E-state index contributed by atoms with van der Waals surface area (Å²) in [7, 11) is 0. The molecule has 1 aromatic heterocycles. The predicted molar refractivity (Wildman–Crippen MR) is 56.1 cm³/mol. The van der Waals surface area contributed by atoms with E-state index in [2.05, 4.69) is 4.98 Å². The van der Waals surface area contributed by atoms with Crippen LogP contribution in [-0.2, 0) is 0 Å². The van der Waals surface area contributed by atoms with Gasteiger partial charge in [-0.3, -0.25) is 4.57 Å². The van der Waals surface area contributed by atoms with Gasteiger partial charge in [0.25, 0.3) is 0 Å². The van der Waals surface area contributed by atoms with Crippen LogP contribution in [0.3, 0.4) is 0 Å². The van der Waals surface area contributed by atoms with Crippen LogP contribution in [0.1, 0.15) is 18.7 Å². The van der Waals surface area contributed by atoms with Crippen molar-refractivity contribution in [2.24, 2.45) is 5.73 Å². The smallest absolute Gasteiger partial charge is 0.147 e. The minimum atomic E-state index is -0.513. The summed E-state index contributed by atoms with van der Waals surface area (Å²) in [6, 6.07) is 2.96. The monoisotopic (exact) mass is 223 g/mol. The molecule has 1 heterocycles. The fraction of sp³-hybridized carbons (Fsp3) is 0.182. The molecule has 1 atom stereocenters. The average molecular weight is 223 g/mol. The molecule has 0 amide bonds. The molecule has 0 aliphatic heterocycles. The van der Waals surface area contributed by atoms with Crippen LogP contribution in [0.5, 0.6) is 0 Å². The van der Waals surface area contributed by atoms with E-state index in [-0.39, 0.29) is 11.7 Å². The summed E-state index contributed by atoms with van der Waals surface area (Å²) in [5.74, 6) is -1.01. The number of hydrogen-bond acceptors (Lipinski definition) is 2. The second-order valence-corrected chi connectivity index (χ2v) is 3.57. The predicted octanol–water partition coefficient (Wildman–Crippen LogP) is 2.17. The molecule has 5 heteroatoms. The van der Waals surface area contributed by atoms with Crippen molar-refractivity contribution < 1.29 is 8.78 Å². The van der Waals surface area contributed by atoms with Crippen LogP contribution in [0.4, 0.5) is 8.78 Å². The molecule has 16 heavy (non-hydrogen) atoms. The first-order valence-electron chi connectivity index (χ1n) is 4.83. The number of imidazole rings is 1. The average Bonchev–Trinajstić information content (AvgIpc) is 2.70. The number of benzene rings is 1. The number of halogens is 2. The summed E-state index contributed by atoms with van der Waals surface area (Å²) in [6.07, 6.45) is 2.95. The van der Waals surface area contributed by atoms with Crippen LogP contribution in [0.25, 0.3) is 5.69 Å². The first-order valence-corrected chi connectivity index (χ1v) is 4.83. The van der Waals surface area contributed by atoms with Crippen LogP contribution in [-0.4, -0.2) is 9.55 Å². The molecule has 3 nitrogen and oxygen atoms in total. The Bertz CT molecular complexity index is 506. The minimum Gasteiger partial charge on any atom is -0.323 e. The van der Waals surface area contributed by atoms with Gasteiger partial charge < -0.3 is 5.73 Å². The number of hydrogen-bond donors (Lipinski definition) is 1. The largest absolute Gasteiger partial charge is 0.323 e. The van der Waals surface area contributed by atoms with Crippen molar-refractivity contribution in [3.05, 3.63) is 48.1 Å². The lowest BCUT2D eigenvalue weighted by molar-refractivity contribution is 0.588. The van der Waals surface area contributed by atoms with E-state index >= 15 is 0 Å². The highest BCUT2D eigenvalue weighted by molar-refractivity contribution is 5.36. The SMILES string of the molecule is C[C@H](N)c1cncn1-c1cc(F)ccc1F. The minimum absolute atomic E-state index is 0.116. The molecule has 0 bridgehead atoms. The Morgan fingerprint density at radius 2 is 2.12 bits per heavy atom. The Morgan fingerprint density at radius 3 is 2.81 bits per heavy atom. The molecule has 0 spiro atoms. The fourth-order valence-corrected chi connectivity index (χ4v) is 1.51. The van der Waals surface area contributed by atoms with Gasteiger partial charge in [-0.15, -0.1) is 0 Å². The topological polar surface area (TPSA) is 43.8 Å². The fourth-order valence-electron chi connectivity index (χ4n) is 1.51. The zero-order valence-corrected chi connectivity index (χ0v) is 8.69. The van der Waals surface area contributed by atoms with E-state index in [0.29, 0.717) is 5.69 Å². The van der Waals surface area contributed by atoms with Gasteiger partial charge in [-0.25, -0.2) is 13.8 Å². The van der Waals surface area contributed by atoms with E-state index in [9.17, 15) is 8.78 Å². The highest BCUT2D eigenvalue weighted by atomic mass is 19.1. The van der Waals surface area contributed by atoms with Crippen LogP contribution < -0.4 is 5.73 Å². The molecule has 0 saturated heterocycles. The molecule has 1 aromatic carbocycles. The van der Waals surface area contributed by atoms with Gasteiger partial charge in [0.15, 0.2) is 0 Å². The van der Waals surface area contributed by atoms with Crippen molar-refractivity contribution in [3.8, 4) is 5.69 Å². The normalized spacial score (nSPS) is 12.8. The molecule has 2 rings (SSSR count). The summed E-state index contributed by atoms with van der Waals surface area (Å²) in [5.41, 5.74) is 6.45. The van der Waals surface area contributed by atoms with Gasteiger partial charge in [-0.05, 0) is 19.1 Å². The van der Waals surface area contributed by atoms with Crippen molar-refractivity contribution in [1.29, 1.82) is 0 Å². The first kappa shape index (κ1) is 10.8. The summed E-state index contributed by atoms with van der Waals surface area (Å²) in [4.78, 5) is 3.88. The van der Waals surface area contributed by atoms with Crippen molar-refractivity contribution in [1.82, 2.24) is 9.55 Å². The lowest BCUT2D eigenvalue weighted by Gasteiger charge is -2.11. The van der Waals surface area contributed by atoms with Crippen molar-refractivity contribution in [2.75, 3.05) is 0 Å². The maximum atomic E-state index is 13.5. The molecule has 0 saturated carbocycles. The maximum Gasteiger partial charge on any atom is 0.147 e. The summed E-state index contributed by atoms with van der Waals surface area (Å²) >= 11 is 0. The van der Waals surface area contributed by atoms with Crippen molar-refractivity contribution in [3.63, 3.8) is 0 Å². The Morgan fingerprint density at radius 1 is 1.38 bits per heavy atom. The molecule has 2 N–H and O–H groups in total. The number of nitrogens with zero attached hydrogens (tertiary/aromatic N) is 2. The maximum absolute atomic E-state index is 13.5. The molecule has 84 valence electrons. The zero-order chi connectivity index (χ0) is 11.7. The summed E-state index contributed by atoms with van der Waals surface area (Å²) in [6.45, 7) is 1.75. The van der Waals surface area contributed by atoms with Gasteiger partial charge in [0.05, 0.1) is 23.9 Å². The Balaban J connectivity index is 2.58. The van der Waals surface area contributed by atoms with Crippen LogP contribution in [0, 0.1) is 11.6 Å². The standard InChI is InChI=1S/C11H11F2N3/c1-7(14)11-5-15-6-16(11)10-4-8(12)2-3-9(10)13/h2-7H,14H2,1H3/t7-/m0/s1. The summed E-state index contributed by atoms with van der Waals surface area (Å²) in [5, 5.41) is 0. The Hall–Kier alpha value is -1.75. The quantitative estimate of drug-likeness (QED) is 0.847. The number of rotatable bonds is 2. The van der Waals surface area contributed by atoms with E-state index in [1.54, 1.807) is 6.92 Å². The molecule has 0 fully saturated rings. The Labute approximate surface area is 91.5 Å². The lowest BCUT2D eigenvalue weighted by Crippen LogP contribution is -2.11. The van der Waals surface area contributed by atoms with Gasteiger partial charge in [0.1, 0.15) is 11.6 Å². The molecular formula is C11H11F2N3. The van der Waals surface area contributed by atoms with Gasteiger partial charge in [0, 0.05) is 12.1 Å². The third kappa shape index (κ3) is 1.81. The van der Waals surface area contributed by atoms with E-state index in [1.807, 2.05) is 0 Å². The third-order valence-electron chi connectivity index (χ3n) is 2.30. The van der Waals surface area contributed by atoms with Gasteiger partial charge >= 0.3 is 0 Å². The van der Waals surface area contributed by atoms with Gasteiger partial charge in [0.2, 0.25) is 0 Å². The van der Waals surface area contributed by atoms with E-state index in [0.717, 1.165) is 18.2 Å². The van der Waals surface area contributed by atoms with Crippen LogP contribution in [0.2, 0.25) is 0 Å². The van der Waals surface area contributed by atoms with Crippen molar-refractivity contribution >= 4 is 0 Å². The first-order chi connectivity index (χ1) is 7.59. The second kappa shape index (κ2) is 4.02. The molecule has 0 radical (unpaired) electrons. The number of nitrogens with two attached hydrogens (primary N) is 1. The Kier molecular flexibility index (Phi) is 2.70. The second-order valence-electron chi connectivity index (χ2n) is 3.57. The molecule has 0 aliphatic carbocycles. The lowest BCUT2D eigenvalue weighted by atomic mass is 10.2.